The van der Waals surface area contributed by atoms with E-state index in [2.05, 4.69) is 34.5 Å². The number of hydrogen-bond donors (Lipinski definition) is 1. The molecule has 0 amide bonds. The fourth-order valence-corrected chi connectivity index (χ4v) is 4.13. The minimum absolute atomic E-state index is 0.870. The minimum atomic E-state index is 0.870. The van der Waals surface area contributed by atoms with Crippen LogP contribution in [0.4, 0.5) is 0 Å². The smallest absolute Gasteiger partial charge is 0.0236 e. The molecule has 0 aromatic heterocycles. The molecule has 0 bridgehead atoms. The zero-order valence-corrected chi connectivity index (χ0v) is 12.8. The van der Waals surface area contributed by atoms with Crippen LogP contribution in [0.15, 0.2) is 24.3 Å². The number of rotatable bonds is 4. The highest BCUT2D eigenvalue weighted by Crippen LogP contribution is 2.35. The number of piperidine rings is 1. The van der Waals surface area contributed by atoms with Crippen LogP contribution in [0.25, 0.3) is 0 Å². The lowest BCUT2D eigenvalue weighted by Crippen LogP contribution is -2.46. The lowest BCUT2D eigenvalue weighted by atomic mass is 9.78. The first-order valence-corrected chi connectivity index (χ1v) is 8.33. The van der Waals surface area contributed by atoms with Gasteiger partial charge < -0.3 is 5.32 Å². The van der Waals surface area contributed by atoms with E-state index in [9.17, 15) is 0 Å². The molecule has 1 aromatic carbocycles. The molecule has 1 aromatic rings. The fraction of sp³-hybridized carbons (Fsp3) is 0.667. The predicted octanol–water partition coefficient (Wildman–Crippen LogP) is 3.56. The molecule has 1 saturated heterocycles. The third-order valence-electron chi connectivity index (χ3n) is 5.15. The van der Waals surface area contributed by atoms with Gasteiger partial charge in [-0.25, -0.2) is 0 Å². The first-order chi connectivity index (χ1) is 9.86. The van der Waals surface area contributed by atoms with Crippen LogP contribution in [0.2, 0.25) is 0 Å². The molecule has 1 saturated carbocycles. The number of fused-ring (bicyclic) bond motifs is 1. The van der Waals surface area contributed by atoms with Gasteiger partial charge in [-0.3, -0.25) is 4.90 Å². The number of hydrogen-bond acceptors (Lipinski definition) is 2. The van der Waals surface area contributed by atoms with E-state index < -0.39 is 0 Å². The molecular formula is C18H28N2. The standard InChI is InChI=1S/C18H28N2/c1-19-13-15-8-10-16(11-9-15)14-20-12-4-6-17-5-2-3-7-18(17)20/h8-11,17-19H,2-7,12-14H2,1H3/t17-,18-/m1/s1. The van der Waals surface area contributed by atoms with Crippen LogP contribution >= 0.6 is 0 Å². The summed E-state index contributed by atoms with van der Waals surface area (Å²) < 4.78 is 0. The highest BCUT2D eigenvalue weighted by atomic mass is 15.2. The predicted molar refractivity (Wildman–Crippen MR) is 84.6 cm³/mol. The molecule has 0 spiro atoms. The number of nitrogens with zero attached hydrogens (tertiary/aromatic N) is 1. The lowest BCUT2D eigenvalue weighted by molar-refractivity contribution is 0.0547. The first-order valence-electron chi connectivity index (χ1n) is 8.33. The average molecular weight is 272 g/mol. The average Bonchev–Trinajstić information content (AvgIpc) is 2.50. The van der Waals surface area contributed by atoms with Gasteiger partial charge in [-0.05, 0) is 56.3 Å². The van der Waals surface area contributed by atoms with Crippen molar-refractivity contribution in [2.45, 2.75) is 57.7 Å². The van der Waals surface area contributed by atoms with Crippen LogP contribution in [-0.4, -0.2) is 24.5 Å². The van der Waals surface area contributed by atoms with Crippen LogP contribution in [0.5, 0.6) is 0 Å². The van der Waals surface area contributed by atoms with Gasteiger partial charge in [0.25, 0.3) is 0 Å². The molecule has 1 N–H and O–H groups in total. The number of likely N-dealkylation sites (tertiary alicyclic amines) is 1. The summed E-state index contributed by atoms with van der Waals surface area (Å²) in [6.45, 7) is 3.43. The molecule has 2 fully saturated rings. The van der Waals surface area contributed by atoms with Gasteiger partial charge in [0.2, 0.25) is 0 Å². The Labute approximate surface area is 123 Å². The third-order valence-corrected chi connectivity index (χ3v) is 5.15. The Morgan fingerprint density at radius 3 is 2.50 bits per heavy atom. The molecule has 1 aliphatic heterocycles. The van der Waals surface area contributed by atoms with Gasteiger partial charge in [-0.15, -0.1) is 0 Å². The van der Waals surface area contributed by atoms with Crippen molar-refractivity contribution < 1.29 is 0 Å². The monoisotopic (exact) mass is 272 g/mol. The number of nitrogens with one attached hydrogen (secondary N) is 1. The van der Waals surface area contributed by atoms with E-state index in [1.807, 2.05) is 7.05 Å². The summed E-state index contributed by atoms with van der Waals surface area (Å²) in [5, 5.41) is 3.21. The highest BCUT2D eigenvalue weighted by molar-refractivity contribution is 5.22. The van der Waals surface area contributed by atoms with Crippen molar-refractivity contribution in [1.29, 1.82) is 0 Å². The van der Waals surface area contributed by atoms with E-state index in [0.717, 1.165) is 25.0 Å². The summed E-state index contributed by atoms with van der Waals surface area (Å²) in [4.78, 5) is 2.76. The van der Waals surface area contributed by atoms with Gasteiger partial charge in [-0.2, -0.15) is 0 Å². The molecule has 20 heavy (non-hydrogen) atoms. The second-order valence-electron chi connectivity index (χ2n) is 6.57. The lowest BCUT2D eigenvalue weighted by Gasteiger charge is -2.44. The SMILES string of the molecule is CNCc1ccc(CN2CCC[C@H]3CCCC[C@H]32)cc1. The molecule has 2 aliphatic rings. The zero-order chi connectivity index (χ0) is 13.8. The Morgan fingerprint density at radius 2 is 1.70 bits per heavy atom. The van der Waals surface area contributed by atoms with E-state index in [4.69, 9.17) is 0 Å². The van der Waals surface area contributed by atoms with Gasteiger partial charge in [0.05, 0.1) is 0 Å². The van der Waals surface area contributed by atoms with Crippen molar-refractivity contribution in [1.82, 2.24) is 10.2 Å². The van der Waals surface area contributed by atoms with Crippen LogP contribution < -0.4 is 5.32 Å². The summed E-state index contributed by atoms with van der Waals surface area (Å²) in [6, 6.07) is 10.1. The molecule has 2 heteroatoms. The molecule has 1 heterocycles. The molecule has 0 unspecified atom stereocenters. The summed E-state index contributed by atoms with van der Waals surface area (Å²) in [5.41, 5.74) is 2.86. The molecule has 0 radical (unpaired) electrons. The maximum absolute atomic E-state index is 3.21. The Hall–Kier alpha value is -0.860. The highest BCUT2D eigenvalue weighted by Gasteiger charge is 2.32. The van der Waals surface area contributed by atoms with E-state index in [1.54, 1.807) is 0 Å². The second-order valence-corrected chi connectivity index (χ2v) is 6.57. The van der Waals surface area contributed by atoms with Crippen LogP contribution in [0.1, 0.15) is 49.7 Å². The van der Waals surface area contributed by atoms with Gasteiger partial charge in [0.15, 0.2) is 0 Å². The molecule has 2 atom stereocenters. The van der Waals surface area contributed by atoms with Crippen LogP contribution in [-0.2, 0) is 13.1 Å². The van der Waals surface area contributed by atoms with E-state index in [0.29, 0.717) is 0 Å². The number of benzene rings is 1. The van der Waals surface area contributed by atoms with Crippen molar-refractivity contribution in [2.24, 2.45) is 5.92 Å². The topological polar surface area (TPSA) is 15.3 Å². The van der Waals surface area contributed by atoms with Crippen molar-refractivity contribution in [3.63, 3.8) is 0 Å². The summed E-state index contributed by atoms with van der Waals surface area (Å²) in [7, 11) is 2.00. The van der Waals surface area contributed by atoms with Crippen molar-refractivity contribution in [2.75, 3.05) is 13.6 Å². The van der Waals surface area contributed by atoms with Gasteiger partial charge in [-0.1, -0.05) is 37.1 Å². The molecule has 1 aliphatic carbocycles. The normalized spacial score (nSPS) is 27.2. The van der Waals surface area contributed by atoms with E-state index >= 15 is 0 Å². The summed E-state index contributed by atoms with van der Waals surface area (Å²) in [5.74, 6) is 0.987. The quantitative estimate of drug-likeness (QED) is 0.901. The largest absolute Gasteiger partial charge is 0.316 e. The van der Waals surface area contributed by atoms with Gasteiger partial charge in [0.1, 0.15) is 0 Å². The third kappa shape index (κ3) is 3.24. The maximum atomic E-state index is 3.21. The first kappa shape index (κ1) is 14.1. The van der Waals surface area contributed by atoms with E-state index in [-0.39, 0.29) is 0 Å². The summed E-state index contributed by atoms with van der Waals surface area (Å²) >= 11 is 0. The van der Waals surface area contributed by atoms with Crippen molar-refractivity contribution in [3.8, 4) is 0 Å². The van der Waals surface area contributed by atoms with Crippen LogP contribution in [0.3, 0.4) is 0 Å². The Bertz CT molecular complexity index is 410. The fourth-order valence-electron chi connectivity index (χ4n) is 4.13. The van der Waals surface area contributed by atoms with E-state index in [1.165, 1.54) is 56.2 Å². The molecule has 2 nitrogen and oxygen atoms in total. The Balaban J connectivity index is 1.63. The Kier molecular flexibility index (Phi) is 4.74. The minimum Gasteiger partial charge on any atom is -0.316 e. The van der Waals surface area contributed by atoms with Gasteiger partial charge in [0, 0.05) is 19.1 Å². The Morgan fingerprint density at radius 1 is 1.00 bits per heavy atom. The zero-order valence-electron chi connectivity index (χ0n) is 12.8. The second kappa shape index (κ2) is 6.73. The molecule has 3 rings (SSSR count). The maximum Gasteiger partial charge on any atom is 0.0236 e. The molecule has 110 valence electrons. The van der Waals surface area contributed by atoms with Crippen molar-refractivity contribution in [3.05, 3.63) is 35.4 Å². The van der Waals surface area contributed by atoms with Gasteiger partial charge >= 0.3 is 0 Å². The van der Waals surface area contributed by atoms with Crippen LogP contribution in [0, 0.1) is 5.92 Å². The van der Waals surface area contributed by atoms with Crippen molar-refractivity contribution >= 4 is 0 Å². The molecular weight excluding hydrogens is 244 g/mol. The summed E-state index contributed by atoms with van der Waals surface area (Å²) in [6.07, 6.45) is 8.69.